The zero-order valence-electron chi connectivity index (χ0n) is 2.97. The fourth-order valence-corrected chi connectivity index (χ4v) is 0.474. The van der Waals surface area contributed by atoms with E-state index in [1.807, 2.05) is 0 Å². The highest BCUT2D eigenvalue weighted by Crippen LogP contribution is 2.01. The molecule has 3 heteroatoms. The third-order valence-electron chi connectivity index (χ3n) is 0.171. The Kier molecular flexibility index (Phi) is 5.28. The Morgan fingerprint density at radius 2 is 2.60 bits per heavy atom. The van der Waals surface area contributed by atoms with Gasteiger partial charge in [-0.25, -0.2) is 0 Å². The van der Waals surface area contributed by atoms with Crippen molar-refractivity contribution in [1.29, 1.82) is 0 Å². The normalized spacial score (nSPS) is 8.40. The van der Waals surface area contributed by atoms with Gasteiger partial charge in [0.05, 0.1) is 0 Å². The first-order valence-electron chi connectivity index (χ1n) is 1.17. The predicted octanol–water partition coefficient (Wildman–Crippen LogP) is 1.17. The van der Waals surface area contributed by atoms with Gasteiger partial charge in [0.1, 0.15) is 5.94 Å². The Hall–Kier alpha value is 0.660. The molecule has 0 rings (SSSR count). The molecule has 5 heavy (non-hydrogen) atoms. The Labute approximate surface area is 40.9 Å². The molecule has 0 heterocycles. The number of hydrogen-bond acceptors (Lipinski definition) is 3. The highest BCUT2D eigenvalue weighted by Gasteiger charge is 1.66. The zero-order valence-corrected chi connectivity index (χ0v) is 4.68. The summed E-state index contributed by atoms with van der Waals surface area (Å²) in [6.45, 7) is 0. The van der Waals surface area contributed by atoms with Crippen molar-refractivity contribution in [2.75, 3.05) is 13.0 Å². The van der Waals surface area contributed by atoms with Crippen LogP contribution in [0.15, 0.2) is 0 Å². The second-order valence-electron chi connectivity index (χ2n) is 0.536. The summed E-state index contributed by atoms with van der Waals surface area (Å²) in [6, 6.07) is 0. The Bertz CT molecular complexity index is 15.1. The molecule has 0 aromatic carbocycles. The summed E-state index contributed by atoms with van der Waals surface area (Å²) >= 11 is 3.79. The number of ether oxygens (including phenoxy) is 1. The standard InChI is InChI=1S/C2H6OS2/c1-3-2-5-4/h4H,2H2,1H3. The maximum absolute atomic E-state index is 4.58. The largest absolute Gasteiger partial charge is 0.373 e. The van der Waals surface area contributed by atoms with Crippen molar-refractivity contribution in [2.24, 2.45) is 0 Å². The van der Waals surface area contributed by atoms with E-state index >= 15 is 0 Å². The number of methoxy groups -OCH3 is 1. The molecule has 0 amide bonds. The van der Waals surface area contributed by atoms with Gasteiger partial charge in [0, 0.05) is 7.11 Å². The first-order valence-corrected chi connectivity index (χ1v) is 3.21. The topological polar surface area (TPSA) is 9.23 Å². The summed E-state index contributed by atoms with van der Waals surface area (Å²) in [7, 11) is 3.02. The van der Waals surface area contributed by atoms with Crippen LogP contribution in [0.2, 0.25) is 0 Å². The van der Waals surface area contributed by atoms with Crippen molar-refractivity contribution >= 4 is 22.5 Å². The smallest absolute Gasteiger partial charge is 0.102 e. The van der Waals surface area contributed by atoms with E-state index in [0.717, 1.165) is 0 Å². The summed E-state index contributed by atoms with van der Waals surface area (Å²) in [5.74, 6) is 0.670. The lowest BCUT2D eigenvalue weighted by Gasteiger charge is -1.83. The maximum Gasteiger partial charge on any atom is 0.102 e. The summed E-state index contributed by atoms with van der Waals surface area (Å²) in [5.41, 5.74) is 0. The van der Waals surface area contributed by atoms with Crippen LogP contribution in [-0.2, 0) is 4.74 Å². The van der Waals surface area contributed by atoms with Gasteiger partial charge in [-0.2, -0.15) is 0 Å². The van der Waals surface area contributed by atoms with Crippen LogP contribution in [0.1, 0.15) is 0 Å². The zero-order chi connectivity index (χ0) is 4.12. The van der Waals surface area contributed by atoms with Crippen molar-refractivity contribution in [2.45, 2.75) is 0 Å². The molecule has 0 N–H and O–H groups in total. The summed E-state index contributed by atoms with van der Waals surface area (Å²) in [6.07, 6.45) is 0. The third-order valence-corrected chi connectivity index (χ3v) is 0.828. The monoisotopic (exact) mass is 110 g/mol. The van der Waals surface area contributed by atoms with Gasteiger partial charge in [-0.15, -0.1) is 11.7 Å². The molecule has 1 nitrogen and oxygen atoms in total. The minimum atomic E-state index is 0.670. The van der Waals surface area contributed by atoms with Gasteiger partial charge in [0.25, 0.3) is 0 Å². The quantitative estimate of drug-likeness (QED) is 0.324. The van der Waals surface area contributed by atoms with Crippen LogP contribution in [0.4, 0.5) is 0 Å². The van der Waals surface area contributed by atoms with E-state index in [9.17, 15) is 0 Å². The van der Waals surface area contributed by atoms with E-state index in [0.29, 0.717) is 5.94 Å². The Morgan fingerprint density at radius 1 is 2.00 bits per heavy atom. The predicted molar refractivity (Wildman–Crippen MR) is 28.5 cm³/mol. The SMILES string of the molecule is COCSS. The van der Waals surface area contributed by atoms with Gasteiger partial charge in [-0.1, -0.05) is 10.8 Å². The van der Waals surface area contributed by atoms with Crippen molar-refractivity contribution in [3.8, 4) is 0 Å². The van der Waals surface area contributed by atoms with E-state index in [1.54, 1.807) is 7.11 Å². The van der Waals surface area contributed by atoms with Gasteiger partial charge in [0.15, 0.2) is 0 Å². The fourth-order valence-electron chi connectivity index (χ4n) is 0.0527. The molecule has 0 bridgehead atoms. The van der Waals surface area contributed by atoms with E-state index in [-0.39, 0.29) is 0 Å². The molecule has 0 aliphatic carbocycles. The minimum Gasteiger partial charge on any atom is -0.373 e. The molecule has 0 saturated heterocycles. The van der Waals surface area contributed by atoms with Crippen LogP contribution in [-0.4, -0.2) is 13.0 Å². The second-order valence-corrected chi connectivity index (χ2v) is 1.80. The van der Waals surface area contributed by atoms with E-state index < -0.39 is 0 Å². The minimum absolute atomic E-state index is 0.670. The van der Waals surface area contributed by atoms with Crippen LogP contribution in [0, 0.1) is 0 Å². The molecule has 0 fully saturated rings. The van der Waals surface area contributed by atoms with Crippen molar-refractivity contribution in [3.05, 3.63) is 0 Å². The van der Waals surface area contributed by atoms with Gasteiger partial charge in [0.2, 0.25) is 0 Å². The van der Waals surface area contributed by atoms with Crippen LogP contribution in [0.5, 0.6) is 0 Å². The third kappa shape index (κ3) is 4.66. The van der Waals surface area contributed by atoms with E-state index in [4.69, 9.17) is 0 Å². The van der Waals surface area contributed by atoms with Crippen LogP contribution in [0.25, 0.3) is 0 Å². The van der Waals surface area contributed by atoms with Crippen molar-refractivity contribution < 1.29 is 4.74 Å². The number of hydrogen-bond donors (Lipinski definition) is 1. The first kappa shape index (κ1) is 5.66. The molecule has 0 aliphatic heterocycles. The molecule has 0 radical (unpaired) electrons. The average Bonchev–Trinajstić information content (AvgIpc) is 1.41. The lowest BCUT2D eigenvalue weighted by atomic mass is 11.5. The molecular weight excluding hydrogens is 104 g/mol. The molecule has 0 spiro atoms. The summed E-state index contributed by atoms with van der Waals surface area (Å²) in [4.78, 5) is 0. The highest BCUT2D eigenvalue weighted by atomic mass is 33.1. The number of rotatable bonds is 2. The fraction of sp³-hybridized carbons (Fsp3) is 1.00. The molecule has 0 atom stereocenters. The van der Waals surface area contributed by atoms with Gasteiger partial charge in [-0.05, 0) is 0 Å². The van der Waals surface area contributed by atoms with Gasteiger partial charge < -0.3 is 4.74 Å². The first-order chi connectivity index (χ1) is 2.41. The van der Waals surface area contributed by atoms with Crippen LogP contribution in [0.3, 0.4) is 0 Å². The van der Waals surface area contributed by atoms with E-state index in [2.05, 4.69) is 16.4 Å². The van der Waals surface area contributed by atoms with Crippen molar-refractivity contribution in [3.63, 3.8) is 0 Å². The average molecular weight is 110 g/mol. The molecular formula is C2H6OS2. The van der Waals surface area contributed by atoms with Crippen molar-refractivity contribution in [1.82, 2.24) is 0 Å². The second kappa shape index (κ2) is 4.66. The number of thiol groups is 1. The summed E-state index contributed by atoms with van der Waals surface area (Å²) in [5, 5.41) is 0. The molecule has 0 saturated carbocycles. The van der Waals surface area contributed by atoms with E-state index in [1.165, 1.54) is 10.8 Å². The Balaban J connectivity index is 2.19. The lowest BCUT2D eigenvalue weighted by molar-refractivity contribution is 0.260. The highest BCUT2D eigenvalue weighted by molar-refractivity contribution is 8.68. The van der Waals surface area contributed by atoms with Gasteiger partial charge >= 0.3 is 0 Å². The van der Waals surface area contributed by atoms with Crippen LogP contribution < -0.4 is 0 Å². The van der Waals surface area contributed by atoms with Crippen LogP contribution >= 0.6 is 22.5 Å². The molecule has 0 aromatic rings. The molecule has 32 valence electrons. The molecule has 0 unspecified atom stereocenters. The summed E-state index contributed by atoms with van der Waals surface area (Å²) < 4.78 is 4.58. The maximum atomic E-state index is 4.58. The molecule has 0 aromatic heterocycles. The molecule has 0 aliphatic rings. The Morgan fingerprint density at radius 3 is 2.60 bits per heavy atom. The lowest BCUT2D eigenvalue weighted by Crippen LogP contribution is -1.72. The van der Waals surface area contributed by atoms with Gasteiger partial charge in [-0.3, -0.25) is 0 Å².